The number of carboxylic acid groups (broad SMARTS) is 1. The topological polar surface area (TPSA) is 57.6 Å². The van der Waals surface area contributed by atoms with Gasteiger partial charge < -0.3 is 10.0 Å². The molecule has 0 aromatic carbocycles. The number of rotatable bonds is 3. The van der Waals surface area contributed by atoms with Crippen LogP contribution in [0.3, 0.4) is 0 Å². The average Bonchev–Trinajstić information content (AvgIpc) is 2.97. The van der Waals surface area contributed by atoms with Crippen LogP contribution in [0.15, 0.2) is 0 Å². The van der Waals surface area contributed by atoms with Gasteiger partial charge in [0.25, 0.3) is 0 Å². The fourth-order valence-electron chi connectivity index (χ4n) is 3.15. The van der Waals surface area contributed by atoms with E-state index in [2.05, 4.69) is 6.92 Å². The molecule has 1 saturated heterocycles. The smallest absolute Gasteiger partial charge is 0.307 e. The second-order valence-electron chi connectivity index (χ2n) is 5.33. The van der Waals surface area contributed by atoms with Crippen LogP contribution in [-0.2, 0) is 9.59 Å². The Bertz CT molecular complexity index is 316. The van der Waals surface area contributed by atoms with Crippen LogP contribution in [0.5, 0.6) is 0 Å². The van der Waals surface area contributed by atoms with E-state index in [9.17, 15) is 9.59 Å². The zero-order valence-electron chi connectivity index (χ0n) is 10.4. The van der Waals surface area contributed by atoms with Crippen molar-refractivity contribution in [2.45, 2.75) is 39.0 Å². The van der Waals surface area contributed by atoms with Crippen molar-refractivity contribution in [1.82, 2.24) is 4.90 Å². The van der Waals surface area contributed by atoms with Gasteiger partial charge in [-0.2, -0.15) is 0 Å². The molecule has 1 unspecified atom stereocenters. The highest BCUT2D eigenvalue weighted by atomic mass is 16.4. The maximum Gasteiger partial charge on any atom is 0.307 e. The number of carbonyl (C=O) groups is 2. The molecule has 1 amide bonds. The van der Waals surface area contributed by atoms with Crippen LogP contribution in [0.25, 0.3) is 0 Å². The number of likely N-dealkylation sites (tertiary alicyclic amines) is 1. The van der Waals surface area contributed by atoms with Crippen molar-refractivity contribution in [2.75, 3.05) is 13.1 Å². The van der Waals surface area contributed by atoms with Crippen LogP contribution in [-0.4, -0.2) is 35.0 Å². The third kappa shape index (κ3) is 2.45. The van der Waals surface area contributed by atoms with Gasteiger partial charge in [0.15, 0.2) is 0 Å². The molecule has 4 heteroatoms. The van der Waals surface area contributed by atoms with E-state index < -0.39 is 11.9 Å². The number of hydrogen-bond acceptors (Lipinski definition) is 2. The predicted molar refractivity (Wildman–Crippen MR) is 63.4 cm³/mol. The Labute approximate surface area is 102 Å². The summed E-state index contributed by atoms with van der Waals surface area (Å²) in [7, 11) is 0. The van der Waals surface area contributed by atoms with Crippen molar-refractivity contribution in [3.05, 3.63) is 0 Å². The summed E-state index contributed by atoms with van der Waals surface area (Å²) in [5.74, 6) is -0.798. The number of hydrogen-bond donors (Lipinski definition) is 1. The maximum atomic E-state index is 12.3. The zero-order chi connectivity index (χ0) is 12.4. The number of carboxylic acids is 1. The molecule has 1 aliphatic heterocycles. The third-order valence-corrected chi connectivity index (χ3v) is 4.33. The standard InChI is InChI=1S/C13H21NO3/c1-2-9-6-7-14(8-9)12(15)10-4-3-5-11(10)13(16)17/h9-11H,2-8H2,1H3,(H,16,17)/t9?,10-,11+/m1/s1. The minimum Gasteiger partial charge on any atom is -0.481 e. The molecular weight excluding hydrogens is 218 g/mol. The first-order valence-corrected chi connectivity index (χ1v) is 6.65. The molecule has 0 radical (unpaired) electrons. The summed E-state index contributed by atoms with van der Waals surface area (Å²) < 4.78 is 0. The summed E-state index contributed by atoms with van der Waals surface area (Å²) in [6.07, 6.45) is 4.47. The Kier molecular flexibility index (Phi) is 3.69. The Morgan fingerprint density at radius 2 is 1.94 bits per heavy atom. The largest absolute Gasteiger partial charge is 0.481 e. The van der Waals surface area contributed by atoms with Crippen LogP contribution in [0.1, 0.15) is 39.0 Å². The second-order valence-corrected chi connectivity index (χ2v) is 5.33. The molecule has 2 fully saturated rings. The Morgan fingerprint density at radius 3 is 2.53 bits per heavy atom. The van der Waals surface area contributed by atoms with Crippen molar-refractivity contribution in [2.24, 2.45) is 17.8 Å². The van der Waals surface area contributed by atoms with Crippen LogP contribution in [0.2, 0.25) is 0 Å². The van der Waals surface area contributed by atoms with Crippen LogP contribution in [0, 0.1) is 17.8 Å². The molecule has 1 aliphatic carbocycles. The number of carbonyl (C=O) groups excluding carboxylic acids is 1. The third-order valence-electron chi connectivity index (χ3n) is 4.33. The van der Waals surface area contributed by atoms with Crippen molar-refractivity contribution in [3.8, 4) is 0 Å². The lowest BCUT2D eigenvalue weighted by Crippen LogP contribution is -2.37. The van der Waals surface area contributed by atoms with E-state index in [0.717, 1.165) is 38.8 Å². The summed E-state index contributed by atoms with van der Waals surface area (Å²) in [4.78, 5) is 25.3. The maximum absolute atomic E-state index is 12.3. The molecule has 2 aliphatic rings. The second kappa shape index (κ2) is 5.07. The Morgan fingerprint density at radius 1 is 1.24 bits per heavy atom. The minimum absolute atomic E-state index is 0.0888. The first-order chi connectivity index (χ1) is 8.13. The highest BCUT2D eigenvalue weighted by molar-refractivity contribution is 5.85. The van der Waals surface area contributed by atoms with Crippen molar-refractivity contribution < 1.29 is 14.7 Å². The van der Waals surface area contributed by atoms with Crippen LogP contribution in [0.4, 0.5) is 0 Å². The van der Waals surface area contributed by atoms with E-state index in [0.29, 0.717) is 12.3 Å². The Hall–Kier alpha value is -1.06. The molecule has 0 aromatic rings. The van der Waals surface area contributed by atoms with E-state index in [4.69, 9.17) is 5.11 Å². The molecule has 1 N–H and O–H groups in total. The minimum atomic E-state index is -0.799. The zero-order valence-corrected chi connectivity index (χ0v) is 10.4. The highest BCUT2D eigenvalue weighted by Crippen LogP contribution is 2.34. The van der Waals surface area contributed by atoms with Crippen LogP contribution >= 0.6 is 0 Å². The van der Waals surface area contributed by atoms with Gasteiger partial charge in [0.1, 0.15) is 0 Å². The van der Waals surface area contributed by atoms with E-state index >= 15 is 0 Å². The van der Waals surface area contributed by atoms with Gasteiger partial charge >= 0.3 is 5.97 Å². The fourth-order valence-corrected chi connectivity index (χ4v) is 3.15. The van der Waals surface area contributed by atoms with E-state index in [1.165, 1.54) is 0 Å². The molecule has 2 rings (SSSR count). The summed E-state index contributed by atoms with van der Waals surface area (Å²) in [6, 6.07) is 0. The van der Waals surface area contributed by atoms with Crippen molar-refractivity contribution in [1.29, 1.82) is 0 Å². The number of nitrogens with zero attached hydrogens (tertiary/aromatic N) is 1. The fraction of sp³-hybridized carbons (Fsp3) is 0.846. The molecule has 1 heterocycles. The van der Waals surface area contributed by atoms with E-state index in [1.54, 1.807) is 0 Å². The lowest BCUT2D eigenvalue weighted by Gasteiger charge is -2.23. The molecule has 17 heavy (non-hydrogen) atoms. The quantitative estimate of drug-likeness (QED) is 0.816. The predicted octanol–water partition coefficient (Wildman–Crippen LogP) is 1.75. The lowest BCUT2D eigenvalue weighted by atomic mass is 9.95. The molecule has 1 saturated carbocycles. The lowest BCUT2D eigenvalue weighted by molar-refractivity contribution is -0.148. The van der Waals surface area contributed by atoms with Crippen molar-refractivity contribution in [3.63, 3.8) is 0 Å². The van der Waals surface area contributed by atoms with Gasteiger partial charge in [-0.15, -0.1) is 0 Å². The normalized spacial score (nSPS) is 33.0. The van der Waals surface area contributed by atoms with Gasteiger partial charge in [0.2, 0.25) is 5.91 Å². The number of amides is 1. The SMILES string of the molecule is CCC1CCN(C(=O)[C@@H]2CCC[C@@H]2C(=O)O)C1. The van der Waals surface area contributed by atoms with Gasteiger partial charge in [-0.1, -0.05) is 19.8 Å². The summed E-state index contributed by atoms with van der Waals surface area (Å²) >= 11 is 0. The Balaban J connectivity index is 1.98. The molecule has 0 bridgehead atoms. The summed E-state index contributed by atoms with van der Waals surface area (Å²) in [5, 5.41) is 9.10. The average molecular weight is 239 g/mol. The molecular formula is C13H21NO3. The molecule has 0 aromatic heterocycles. The van der Waals surface area contributed by atoms with E-state index in [-0.39, 0.29) is 11.8 Å². The van der Waals surface area contributed by atoms with Crippen molar-refractivity contribution >= 4 is 11.9 Å². The summed E-state index contributed by atoms with van der Waals surface area (Å²) in [6.45, 7) is 3.80. The molecule has 0 spiro atoms. The molecule has 3 atom stereocenters. The van der Waals surface area contributed by atoms with Gasteiger partial charge in [-0.25, -0.2) is 0 Å². The van der Waals surface area contributed by atoms with Gasteiger partial charge in [-0.3, -0.25) is 9.59 Å². The highest BCUT2D eigenvalue weighted by Gasteiger charge is 2.40. The molecule has 96 valence electrons. The van der Waals surface area contributed by atoms with E-state index in [1.807, 2.05) is 4.90 Å². The number of aliphatic carboxylic acids is 1. The van der Waals surface area contributed by atoms with Crippen LogP contribution < -0.4 is 0 Å². The monoisotopic (exact) mass is 239 g/mol. The first kappa shape index (κ1) is 12.4. The summed E-state index contributed by atoms with van der Waals surface area (Å²) in [5.41, 5.74) is 0. The molecule has 4 nitrogen and oxygen atoms in total. The van der Waals surface area contributed by atoms with Gasteiger partial charge in [-0.05, 0) is 25.2 Å². The van der Waals surface area contributed by atoms with Gasteiger partial charge in [0, 0.05) is 13.1 Å². The van der Waals surface area contributed by atoms with Gasteiger partial charge in [0.05, 0.1) is 11.8 Å². The first-order valence-electron chi connectivity index (χ1n) is 6.65.